The zero-order valence-electron chi connectivity index (χ0n) is 16.8. The zero-order valence-corrected chi connectivity index (χ0v) is 16.8. The number of fused-ring (bicyclic) bond motifs is 1. The van der Waals surface area contributed by atoms with E-state index in [2.05, 4.69) is 34.1 Å². The molecule has 0 radical (unpaired) electrons. The summed E-state index contributed by atoms with van der Waals surface area (Å²) in [5, 5.41) is 2.86. The highest BCUT2D eigenvalue weighted by Crippen LogP contribution is 2.44. The average molecular weight is 383 g/mol. The number of rotatable bonds is 5. The summed E-state index contributed by atoms with van der Waals surface area (Å²) in [6, 6.07) is 0.114. The zero-order chi connectivity index (χ0) is 19.7. The lowest BCUT2D eigenvalue weighted by Gasteiger charge is -2.40. The number of amides is 2. The predicted octanol–water partition coefficient (Wildman–Crippen LogP) is 2.95. The monoisotopic (exact) mass is 383 g/mol. The SMILES string of the molecule is CCC(/C=N/c1ncc2c(n1)N(C1CCCC1)C(=O)[C@]1(CCNC1=O)C2)CC. The molecule has 0 bridgehead atoms. The van der Waals surface area contributed by atoms with Crippen molar-refractivity contribution in [3.8, 4) is 0 Å². The maximum atomic E-state index is 13.5. The maximum Gasteiger partial charge on any atom is 0.250 e. The number of aromatic nitrogens is 2. The van der Waals surface area contributed by atoms with E-state index in [1.165, 1.54) is 0 Å². The van der Waals surface area contributed by atoms with Crippen LogP contribution in [-0.4, -0.2) is 40.6 Å². The first-order valence-corrected chi connectivity index (χ1v) is 10.6. The Morgan fingerprint density at radius 2 is 2.07 bits per heavy atom. The molecule has 28 heavy (non-hydrogen) atoms. The quantitative estimate of drug-likeness (QED) is 0.625. The van der Waals surface area contributed by atoms with E-state index < -0.39 is 5.41 Å². The van der Waals surface area contributed by atoms with Crippen molar-refractivity contribution in [1.82, 2.24) is 15.3 Å². The van der Waals surface area contributed by atoms with Crippen molar-refractivity contribution >= 4 is 29.8 Å². The highest BCUT2D eigenvalue weighted by molar-refractivity contribution is 6.14. The Morgan fingerprint density at radius 3 is 2.71 bits per heavy atom. The van der Waals surface area contributed by atoms with Gasteiger partial charge in [0.15, 0.2) is 0 Å². The fourth-order valence-corrected chi connectivity index (χ4v) is 4.73. The van der Waals surface area contributed by atoms with Gasteiger partial charge in [0.2, 0.25) is 11.8 Å². The lowest BCUT2D eigenvalue weighted by molar-refractivity contribution is -0.140. The molecule has 4 rings (SSSR count). The molecular formula is C21H29N5O2. The summed E-state index contributed by atoms with van der Waals surface area (Å²) in [6.07, 6.45) is 10.8. The third-order valence-corrected chi connectivity index (χ3v) is 6.59. The van der Waals surface area contributed by atoms with Crippen LogP contribution < -0.4 is 10.2 Å². The van der Waals surface area contributed by atoms with Crippen LogP contribution >= 0.6 is 0 Å². The minimum absolute atomic E-state index is 0.0875. The molecule has 7 nitrogen and oxygen atoms in total. The second kappa shape index (κ2) is 7.60. The summed E-state index contributed by atoms with van der Waals surface area (Å²) in [4.78, 5) is 41.6. The topological polar surface area (TPSA) is 87.6 Å². The Balaban J connectivity index is 1.73. The number of nitrogens with zero attached hydrogens (tertiary/aromatic N) is 4. The summed E-state index contributed by atoms with van der Waals surface area (Å²) in [5.74, 6) is 1.22. The van der Waals surface area contributed by atoms with Gasteiger partial charge in [-0.1, -0.05) is 26.7 Å². The Labute approximate surface area is 166 Å². The minimum Gasteiger partial charge on any atom is -0.355 e. The van der Waals surface area contributed by atoms with Crippen LogP contribution in [0.2, 0.25) is 0 Å². The van der Waals surface area contributed by atoms with Gasteiger partial charge in [-0.15, -0.1) is 0 Å². The molecule has 3 heterocycles. The van der Waals surface area contributed by atoms with Gasteiger partial charge in [-0.2, -0.15) is 4.98 Å². The van der Waals surface area contributed by atoms with E-state index in [4.69, 9.17) is 0 Å². The van der Waals surface area contributed by atoms with Gasteiger partial charge in [-0.3, -0.25) is 14.5 Å². The molecule has 1 aromatic heterocycles. The van der Waals surface area contributed by atoms with Crippen LogP contribution in [0.25, 0.3) is 0 Å². The highest BCUT2D eigenvalue weighted by atomic mass is 16.2. The first-order chi connectivity index (χ1) is 13.6. The number of hydrogen-bond donors (Lipinski definition) is 1. The second-order valence-electron chi connectivity index (χ2n) is 8.25. The van der Waals surface area contributed by atoms with Gasteiger partial charge in [-0.25, -0.2) is 9.98 Å². The summed E-state index contributed by atoms with van der Waals surface area (Å²) in [7, 11) is 0. The molecular weight excluding hydrogens is 354 g/mol. The largest absolute Gasteiger partial charge is 0.355 e. The van der Waals surface area contributed by atoms with Gasteiger partial charge in [-0.05, 0) is 38.0 Å². The lowest BCUT2D eigenvalue weighted by Crippen LogP contribution is -2.56. The molecule has 0 unspecified atom stereocenters. The van der Waals surface area contributed by atoms with Crippen molar-refractivity contribution in [3.05, 3.63) is 11.8 Å². The minimum atomic E-state index is -0.987. The Bertz CT molecular complexity index is 798. The Hall–Kier alpha value is -2.31. The molecule has 2 fully saturated rings. The molecule has 0 aromatic carbocycles. The van der Waals surface area contributed by atoms with Crippen LogP contribution in [0.15, 0.2) is 11.2 Å². The van der Waals surface area contributed by atoms with E-state index in [9.17, 15) is 9.59 Å². The van der Waals surface area contributed by atoms with Gasteiger partial charge >= 0.3 is 0 Å². The molecule has 1 saturated carbocycles. The maximum absolute atomic E-state index is 13.5. The van der Waals surface area contributed by atoms with Crippen LogP contribution in [-0.2, 0) is 16.0 Å². The van der Waals surface area contributed by atoms with E-state index in [1.54, 1.807) is 6.20 Å². The summed E-state index contributed by atoms with van der Waals surface area (Å²) in [6.45, 7) is 4.83. The van der Waals surface area contributed by atoms with Gasteiger partial charge in [0, 0.05) is 37.0 Å². The van der Waals surface area contributed by atoms with Crippen LogP contribution in [0.3, 0.4) is 0 Å². The molecule has 150 valence electrons. The first kappa shape index (κ1) is 19.0. The van der Waals surface area contributed by atoms with Gasteiger partial charge < -0.3 is 5.32 Å². The molecule has 1 spiro atoms. The van der Waals surface area contributed by atoms with E-state index in [1.807, 2.05) is 11.1 Å². The molecule has 1 atom stereocenters. The lowest BCUT2D eigenvalue weighted by atomic mass is 9.76. The van der Waals surface area contributed by atoms with Gasteiger partial charge in [0.25, 0.3) is 5.95 Å². The summed E-state index contributed by atoms with van der Waals surface area (Å²) < 4.78 is 0. The number of anilines is 1. The molecule has 1 aromatic rings. The van der Waals surface area contributed by atoms with Crippen molar-refractivity contribution in [2.45, 2.75) is 71.3 Å². The van der Waals surface area contributed by atoms with Crippen LogP contribution in [0.1, 0.15) is 64.4 Å². The third kappa shape index (κ3) is 3.10. The second-order valence-corrected chi connectivity index (χ2v) is 8.25. The van der Waals surface area contributed by atoms with E-state index in [-0.39, 0.29) is 17.9 Å². The molecule has 1 saturated heterocycles. The molecule has 7 heteroatoms. The van der Waals surface area contributed by atoms with E-state index in [0.717, 1.165) is 44.1 Å². The van der Waals surface area contributed by atoms with Gasteiger partial charge in [0.1, 0.15) is 11.2 Å². The third-order valence-electron chi connectivity index (χ3n) is 6.59. The number of carbonyl (C=O) groups excluding carboxylic acids is 2. The number of nitrogens with one attached hydrogen (secondary N) is 1. The van der Waals surface area contributed by atoms with Crippen LogP contribution in [0.5, 0.6) is 0 Å². The number of aliphatic imine (C=N–C) groups is 1. The fourth-order valence-electron chi connectivity index (χ4n) is 4.73. The standard InChI is InChI=1S/C21H29N5O2/c1-3-14(4-2)12-23-20-24-13-15-11-21(9-10-22-18(21)27)19(28)26(17(15)25-20)16-7-5-6-8-16/h12-14,16H,3-11H2,1-2H3,(H,22,27)/b23-12+/t21-/m1/s1. The fraction of sp³-hybridized carbons (Fsp3) is 0.667. The van der Waals surface area contributed by atoms with E-state index >= 15 is 0 Å². The van der Waals surface area contributed by atoms with Crippen molar-refractivity contribution in [2.75, 3.05) is 11.4 Å². The highest BCUT2D eigenvalue weighted by Gasteiger charge is 2.56. The molecule has 2 aliphatic heterocycles. The molecule has 2 amide bonds. The summed E-state index contributed by atoms with van der Waals surface area (Å²) >= 11 is 0. The Morgan fingerprint density at radius 1 is 1.32 bits per heavy atom. The van der Waals surface area contributed by atoms with Crippen LogP contribution in [0, 0.1) is 11.3 Å². The van der Waals surface area contributed by atoms with Crippen molar-refractivity contribution in [2.24, 2.45) is 16.3 Å². The Kier molecular flexibility index (Phi) is 5.17. The smallest absolute Gasteiger partial charge is 0.250 e. The van der Waals surface area contributed by atoms with Crippen LogP contribution in [0.4, 0.5) is 11.8 Å². The molecule has 3 aliphatic rings. The van der Waals surface area contributed by atoms with E-state index in [0.29, 0.717) is 37.1 Å². The molecule has 1 aliphatic carbocycles. The first-order valence-electron chi connectivity index (χ1n) is 10.6. The number of hydrogen-bond acceptors (Lipinski definition) is 5. The van der Waals surface area contributed by atoms with Crippen molar-refractivity contribution in [1.29, 1.82) is 0 Å². The van der Waals surface area contributed by atoms with Gasteiger partial charge in [0.05, 0.1) is 0 Å². The van der Waals surface area contributed by atoms with Crippen molar-refractivity contribution < 1.29 is 9.59 Å². The summed E-state index contributed by atoms with van der Waals surface area (Å²) in [5.41, 5.74) is -0.107. The predicted molar refractivity (Wildman–Crippen MR) is 108 cm³/mol. The average Bonchev–Trinajstić information content (AvgIpc) is 3.35. The molecule has 1 N–H and O–H groups in total. The number of carbonyl (C=O) groups is 2. The van der Waals surface area contributed by atoms with Crippen molar-refractivity contribution in [3.63, 3.8) is 0 Å². The normalized spacial score (nSPS) is 25.3.